The van der Waals surface area contributed by atoms with Crippen molar-refractivity contribution in [3.63, 3.8) is 0 Å². The zero-order valence-corrected chi connectivity index (χ0v) is 13.3. The molecule has 0 radical (unpaired) electrons. The largest absolute Gasteiger partial charge is 0.299 e. The van der Waals surface area contributed by atoms with Crippen LogP contribution < -0.4 is 0 Å². The van der Waals surface area contributed by atoms with E-state index in [0.717, 1.165) is 24.3 Å². The average molecular weight is 322 g/mol. The number of alkyl halides is 1. The van der Waals surface area contributed by atoms with Crippen LogP contribution in [0.1, 0.15) is 17.7 Å². The molecule has 1 saturated heterocycles. The number of rotatable bonds is 6. The Morgan fingerprint density at radius 3 is 2.95 bits per heavy atom. The van der Waals surface area contributed by atoms with Crippen molar-refractivity contribution in [1.29, 1.82) is 0 Å². The third-order valence-corrected chi connectivity index (χ3v) is 4.39. The molecule has 0 aliphatic carbocycles. The molecule has 22 heavy (non-hydrogen) atoms. The maximum atomic E-state index is 13.8. The Morgan fingerprint density at radius 2 is 2.23 bits per heavy atom. The van der Waals surface area contributed by atoms with Gasteiger partial charge in [0.25, 0.3) is 0 Å². The molecule has 3 heterocycles. The van der Waals surface area contributed by atoms with Crippen LogP contribution in [0.25, 0.3) is 0 Å². The highest BCUT2D eigenvalue weighted by atomic mass is 32.1. The molecule has 8 heteroatoms. The van der Waals surface area contributed by atoms with Gasteiger partial charge in [0.05, 0.1) is 5.69 Å². The van der Waals surface area contributed by atoms with E-state index in [-0.39, 0.29) is 6.04 Å². The Kier molecular flexibility index (Phi) is 5.01. The summed E-state index contributed by atoms with van der Waals surface area (Å²) in [6.45, 7) is 2.72. The van der Waals surface area contributed by atoms with Crippen LogP contribution in [0.5, 0.6) is 0 Å². The zero-order valence-electron chi connectivity index (χ0n) is 12.5. The lowest BCUT2D eigenvalue weighted by Gasteiger charge is -2.27. The molecule has 0 aromatic carbocycles. The summed E-state index contributed by atoms with van der Waals surface area (Å²) >= 11 is 1.35. The minimum Gasteiger partial charge on any atom is -0.299 e. The topological polar surface area (TPSA) is 58.0 Å². The molecule has 0 saturated carbocycles. The van der Waals surface area contributed by atoms with Crippen LogP contribution in [0.4, 0.5) is 4.39 Å². The Bertz CT molecular complexity index is 566. The second-order valence-electron chi connectivity index (χ2n) is 5.76. The third-order valence-electron chi connectivity index (χ3n) is 3.84. The molecule has 1 aliphatic heterocycles. The van der Waals surface area contributed by atoms with Crippen LogP contribution in [0, 0.1) is 0 Å². The van der Waals surface area contributed by atoms with E-state index in [0.29, 0.717) is 19.5 Å². The second-order valence-corrected chi connectivity index (χ2v) is 6.37. The molecule has 2 aromatic rings. The summed E-state index contributed by atoms with van der Waals surface area (Å²) in [7, 11) is 2.04. The molecule has 0 amide bonds. The Hall–Kier alpha value is -1.51. The number of hydrogen-bond acceptors (Lipinski definition) is 7. The van der Waals surface area contributed by atoms with Gasteiger partial charge in [-0.1, -0.05) is 4.49 Å². The van der Waals surface area contributed by atoms with Gasteiger partial charge in [-0.05, 0) is 25.0 Å². The van der Waals surface area contributed by atoms with Gasteiger partial charge in [-0.25, -0.2) is 14.4 Å². The maximum absolute atomic E-state index is 13.8. The highest BCUT2D eigenvalue weighted by Gasteiger charge is 2.32. The second kappa shape index (κ2) is 7.17. The van der Waals surface area contributed by atoms with Crippen molar-refractivity contribution in [2.75, 3.05) is 20.1 Å². The average Bonchev–Trinajstić information content (AvgIpc) is 3.10. The number of nitrogens with zero attached hydrogens (tertiary/aromatic N) is 6. The van der Waals surface area contributed by atoms with E-state index in [1.54, 1.807) is 12.4 Å². The molecule has 2 aromatic heterocycles. The number of likely N-dealkylation sites (tertiary alicyclic amines) is 1. The Morgan fingerprint density at radius 1 is 1.41 bits per heavy atom. The molecule has 0 spiro atoms. The van der Waals surface area contributed by atoms with E-state index in [1.807, 2.05) is 12.4 Å². The van der Waals surface area contributed by atoms with Gasteiger partial charge in [-0.2, -0.15) is 0 Å². The van der Waals surface area contributed by atoms with Gasteiger partial charge in [0, 0.05) is 55.6 Å². The van der Waals surface area contributed by atoms with Gasteiger partial charge >= 0.3 is 0 Å². The van der Waals surface area contributed by atoms with Gasteiger partial charge in [-0.3, -0.25) is 9.80 Å². The lowest BCUT2D eigenvalue weighted by molar-refractivity contribution is 0.179. The molecular weight excluding hydrogens is 303 g/mol. The summed E-state index contributed by atoms with van der Waals surface area (Å²) in [5.74, 6) is 0. The summed E-state index contributed by atoms with van der Waals surface area (Å²) in [4.78, 5) is 12.4. The van der Waals surface area contributed by atoms with Crippen molar-refractivity contribution in [3.05, 3.63) is 35.4 Å². The number of likely N-dealkylation sites (N-methyl/N-ethyl adjacent to an activating group) is 1. The molecule has 6 nitrogen and oxygen atoms in total. The standard InChI is InChI=1S/C14H19FN6S/c1-20(7-13-9-22-19-18-13)8-14-2-12(15)6-21(14)5-11-3-16-10-17-4-11/h3-4,9-10,12,14H,2,5-8H2,1H3/t12-,14-/m0/s1. The van der Waals surface area contributed by atoms with Crippen LogP contribution >= 0.6 is 11.5 Å². The normalized spacial score (nSPS) is 22.5. The van der Waals surface area contributed by atoms with Crippen LogP contribution in [0.2, 0.25) is 0 Å². The summed E-state index contributed by atoms with van der Waals surface area (Å²) < 4.78 is 17.7. The van der Waals surface area contributed by atoms with E-state index >= 15 is 0 Å². The van der Waals surface area contributed by atoms with Gasteiger partial charge < -0.3 is 0 Å². The number of halogens is 1. The summed E-state index contributed by atoms with van der Waals surface area (Å²) in [5.41, 5.74) is 1.98. The number of aromatic nitrogens is 4. The van der Waals surface area contributed by atoms with Crippen molar-refractivity contribution in [2.24, 2.45) is 0 Å². The first-order valence-corrected chi connectivity index (χ1v) is 8.11. The van der Waals surface area contributed by atoms with Crippen molar-refractivity contribution in [1.82, 2.24) is 29.4 Å². The molecule has 1 aliphatic rings. The summed E-state index contributed by atoms with van der Waals surface area (Å²) in [5, 5.41) is 6.00. The third kappa shape index (κ3) is 4.02. The highest BCUT2D eigenvalue weighted by Crippen LogP contribution is 2.23. The molecule has 2 atom stereocenters. The van der Waals surface area contributed by atoms with E-state index < -0.39 is 6.17 Å². The molecular formula is C14H19FN6S. The van der Waals surface area contributed by atoms with Crippen LogP contribution in [0.3, 0.4) is 0 Å². The van der Waals surface area contributed by atoms with Crippen LogP contribution in [-0.2, 0) is 13.1 Å². The highest BCUT2D eigenvalue weighted by molar-refractivity contribution is 7.03. The molecule has 3 rings (SSSR count). The predicted octanol–water partition coefficient (Wildman–Crippen LogP) is 1.37. The summed E-state index contributed by atoms with van der Waals surface area (Å²) in [6, 6.07) is 0.201. The van der Waals surface area contributed by atoms with Crippen molar-refractivity contribution in [2.45, 2.75) is 31.7 Å². The zero-order chi connectivity index (χ0) is 15.4. The molecule has 1 fully saturated rings. The SMILES string of the molecule is CN(Cc1csnn1)C[C@@H]1C[C@H](F)CN1Cc1cncnc1. The Labute approximate surface area is 133 Å². The minimum atomic E-state index is -0.760. The molecule has 0 N–H and O–H groups in total. The Balaban J connectivity index is 1.58. The quantitative estimate of drug-likeness (QED) is 0.801. The number of hydrogen-bond donors (Lipinski definition) is 0. The smallest absolute Gasteiger partial charge is 0.115 e. The fourth-order valence-corrected chi connectivity index (χ4v) is 3.35. The minimum absolute atomic E-state index is 0.201. The first-order valence-electron chi connectivity index (χ1n) is 7.27. The first-order chi connectivity index (χ1) is 10.7. The lowest BCUT2D eigenvalue weighted by Crippen LogP contribution is -2.38. The van der Waals surface area contributed by atoms with Crippen molar-refractivity contribution < 1.29 is 4.39 Å². The van der Waals surface area contributed by atoms with Gasteiger partial charge in [0.2, 0.25) is 0 Å². The molecule has 0 unspecified atom stereocenters. The fourth-order valence-electron chi connectivity index (χ4n) is 2.91. The molecule has 0 bridgehead atoms. The van der Waals surface area contributed by atoms with E-state index in [4.69, 9.17) is 0 Å². The summed E-state index contributed by atoms with van der Waals surface area (Å²) in [6.07, 6.45) is 4.91. The van der Waals surface area contributed by atoms with E-state index in [9.17, 15) is 4.39 Å². The monoisotopic (exact) mass is 322 g/mol. The fraction of sp³-hybridized carbons (Fsp3) is 0.571. The van der Waals surface area contributed by atoms with Crippen molar-refractivity contribution in [3.8, 4) is 0 Å². The first kappa shape index (κ1) is 15.4. The van der Waals surface area contributed by atoms with Crippen LogP contribution in [-0.4, -0.2) is 61.7 Å². The predicted molar refractivity (Wildman–Crippen MR) is 82.0 cm³/mol. The van der Waals surface area contributed by atoms with Gasteiger partial charge in [0.1, 0.15) is 12.5 Å². The molecule has 118 valence electrons. The van der Waals surface area contributed by atoms with E-state index in [1.165, 1.54) is 17.9 Å². The lowest BCUT2D eigenvalue weighted by atomic mass is 10.2. The van der Waals surface area contributed by atoms with Crippen molar-refractivity contribution >= 4 is 11.5 Å². The van der Waals surface area contributed by atoms with E-state index in [2.05, 4.69) is 29.4 Å². The van der Waals surface area contributed by atoms with Crippen LogP contribution in [0.15, 0.2) is 24.1 Å². The van der Waals surface area contributed by atoms with Gasteiger partial charge in [-0.15, -0.1) is 5.10 Å². The maximum Gasteiger partial charge on any atom is 0.115 e. The van der Waals surface area contributed by atoms with Gasteiger partial charge in [0.15, 0.2) is 0 Å².